The third kappa shape index (κ3) is 4.35. The van der Waals surface area contributed by atoms with Crippen molar-refractivity contribution in [3.8, 4) is 0 Å². The number of aromatic nitrogens is 1. The van der Waals surface area contributed by atoms with Gasteiger partial charge in [0.2, 0.25) is 0 Å². The number of hydrogen-bond acceptors (Lipinski definition) is 4. The van der Waals surface area contributed by atoms with Crippen LogP contribution in [-0.4, -0.2) is 23.0 Å². The number of alkyl carbamates (subject to hydrolysis) is 1. The second-order valence-corrected chi connectivity index (χ2v) is 6.23. The Morgan fingerprint density at radius 1 is 1.35 bits per heavy atom. The molecule has 1 rings (SSSR count). The van der Waals surface area contributed by atoms with Crippen LogP contribution in [-0.2, 0) is 15.1 Å². The van der Waals surface area contributed by atoms with Gasteiger partial charge in [-0.15, -0.1) is 0 Å². The van der Waals surface area contributed by atoms with E-state index in [4.69, 9.17) is 27.9 Å². The van der Waals surface area contributed by atoms with E-state index in [2.05, 4.69) is 10.3 Å². The molecule has 20 heavy (non-hydrogen) atoms. The molecule has 0 saturated carbocycles. The summed E-state index contributed by atoms with van der Waals surface area (Å²) in [7, 11) is 0. The SMILES string of the molecule is CC(C)(C)OC(=O)NC(C)(C=O)c1cnc(Cl)cc1Cl. The van der Waals surface area contributed by atoms with E-state index < -0.39 is 17.2 Å². The van der Waals surface area contributed by atoms with Crippen LogP contribution in [0.2, 0.25) is 10.2 Å². The van der Waals surface area contributed by atoms with E-state index in [1.54, 1.807) is 20.8 Å². The fourth-order valence-corrected chi connectivity index (χ4v) is 2.03. The molecule has 0 saturated heterocycles. The van der Waals surface area contributed by atoms with Crippen molar-refractivity contribution in [2.24, 2.45) is 0 Å². The monoisotopic (exact) mass is 318 g/mol. The number of pyridine rings is 1. The van der Waals surface area contributed by atoms with Gasteiger partial charge in [-0.3, -0.25) is 0 Å². The largest absolute Gasteiger partial charge is 0.444 e. The summed E-state index contributed by atoms with van der Waals surface area (Å²) in [6.07, 6.45) is 1.18. The van der Waals surface area contributed by atoms with Gasteiger partial charge >= 0.3 is 6.09 Å². The maximum atomic E-state index is 11.8. The van der Waals surface area contributed by atoms with Crippen molar-refractivity contribution < 1.29 is 14.3 Å². The second kappa shape index (κ2) is 5.97. The molecular formula is C13H16Cl2N2O3. The summed E-state index contributed by atoms with van der Waals surface area (Å²) < 4.78 is 5.12. The predicted octanol–water partition coefficient (Wildman–Crippen LogP) is 3.33. The molecule has 1 aromatic rings. The Labute approximate surface area is 127 Å². The lowest BCUT2D eigenvalue weighted by Crippen LogP contribution is -2.47. The zero-order valence-electron chi connectivity index (χ0n) is 11.7. The first-order chi connectivity index (χ1) is 9.07. The molecule has 1 heterocycles. The Morgan fingerprint density at radius 3 is 2.40 bits per heavy atom. The molecule has 0 fully saturated rings. The van der Waals surface area contributed by atoms with E-state index in [-0.39, 0.29) is 10.2 Å². The van der Waals surface area contributed by atoms with Crippen LogP contribution in [0.3, 0.4) is 0 Å². The van der Waals surface area contributed by atoms with Gasteiger partial charge in [0.1, 0.15) is 22.6 Å². The highest BCUT2D eigenvalue weighted by Crippen LogP contribution is 2.28. The van der Waals surface area contributed by atoms with Gasteiger partial charge in [0.15, 0.2) is 0 Å². The van der Waals surface area contributed by atoms with E-state index in [1.165, 1.54) is 19.2 Å². The van der Waals surface area contributed by atoms with Crippen LogP contribution in [0, 0.1) is 0 Å². The minimum absolute atomic E-state index is 0.198. The standard InChI is InChI=1S/C13H16Cl2N2O3/c1-12(2,3)20-11(19)17-13(4,7-18)8-6-16-10(15)5-9(8)14/h5-7H,1-4H3,(H,17,19). The number of amides is 1. The first kappa shape index (κ1) is 16.7. The molecule has 0 aromatic carbocycles. The van der Waals surface area contributed by atoms with Crippen LogP contribution in [0.4, 0.5) is 4.79 Å². The first-order valence-electron chi connectivity index (χ1n) is 5.86. The topological polar surface area (TPSA) is 68.3 Å². The number of nitrogens with one attached hydrogen (secondary N) is 1. The van der Waals surface area contributed by atoms with Crippen molar-refractivity contribution in [2.45, 2.75) is 38.8 Å². The molecule has 7 heteroatoms. The van der Waals surface area contributed by atoms with Crippen LogP contribution < -0.4 is 5.32 Å². The minimum atomic E-state index is -1.35. The van der Waals surface area contributed by atoms with Crippen LogP contribution >= 0.6 is 23.2 Å². The molecule has 0 radical (unpaired) electrons. The molecule has 0 aliphatic carbocycles. The fourth-order valence-electron chi connectivity index (χ4n) is 1.47. The molecule has 5 nitrogen and oxygen atoms in total. The number of aldehydes is 1. The normalized spacial score (nSPS) is 14.3. The van der Waals surface area contributed by atoms with E-state index in [9.17, 15) is 9.59 Å². The highest BCUT2D eigenvalue weighted by Gasteiger charge is 2.32. The van der Waals surface area contributed by atoms with Gasteiger partial charge in [-0.2, -0.15) is 0 Å². The molecule has 1 N–H and O–H groups in total. The molecule has 1 atom stereocenters. The summed E-state index contributed by atoms with van der Waals surface area (Å²) in [5.74, 6) is 0. The third-order valence-electron chi connectivity index (χ3n) is 2.38. The zero-order chi connectivity index (χ0) is 15.6. The molecule has 0 aliphatic rings. The molecule has 0 spiro atoms. The van der Waals surface area contributed by atoms with Crippen LogP contribution in [0.25, 0.3) is 0 Å². The first-order valence-corrected chi connectivity index (χ1v) is 6.62. The number of carbonyl (C=O) groups is 2. The van der Waals surface area contributed by atoms with Crippen LogP contribution in [0.1, 0.15) is 33.3 Å². The van der Waals surface area contributed by atoms with Crippen LogP contribution in [0.5, 0.6) is 0 Å². The van der Waals surface area contributed by atoms with Crippen LogP contribution in [0.15, 0.2) is 12.3 Å². The Hall–Kier alpha value is -1.33. The summed E-state index contributed by atoms with van der Waals surface area (Å²) in [5, 5.41) is 2.91. The summed E-state index contributed by atoms with van der Waals surface area (Å²) in [5.41, 5.74) is -1.68. The van der Waals surface area contributed by atoms with Gasteiger partial charge in [-0.25, -0.2) is 9.78 Å². The highest BCUT2D eigenvalue weighted by molar-refractivity contribution is 6.34. The van der Waals surface area contributed by atoms with Crippen molar-refractivity contribution in [1.82, 2.24) is 10.3 Å². The fraction of sp³-hybridized carbons (Fsp3) is 0.462. The van der Waals surface area contributed by atoms with Gasteiger partial charge in [-0.05, 0) is 33.8 Å². The maximum absolute atomic E-state index is 11.8. The second-order valence-electron chi connectivity index (χ2n) is 5.43. The van der Waals surface area contributed by atoms with Crippen molar-refractivity contribution >= 4 is 35.6 Å². The quantitative estimate of drug-likeness (QED) is 0.685. The van der Waals surface area contributed by atoms with Crippen molar-refractivity contribution in [3.63, 3.8) is 0 Å². The van der Waals surface area contributed by atoms with E-state index >= 15 is 0 Å². The van der Waals surface area contributed by atoms with Crippen molar-refractivity contribution in [1.29, 1.82) is 0 Å². The number of halogens is 2. The number of rotatable bonds is 3. The Kier molecular flexibility index (Phi) is 5.00. The Bertz CT molecular complexity index is 529. The third-order valence-corrected chi connectivity index (χ3v) is 2.90. The van der Waals surface area contributed by atoms with Crippen molar-refractivity contribution in [3.05, 3.63) is 28.0 Å². The number of nitrogens with zero attached hydrogens (tertiary/aromatic N) is 1. The number of carbonyl (C=O) groups excluding carboxylic acids is 2. The molecule has 0 bridgehead atoms. The molecule has 0 aliphatic heterocycles. The molecule has 110 valence electrons. The van der Waals surface area contributed by atoms with Crippen molar-refractivity contribution in [2.75, 3.05) is 0 Å². The highest BCUT2D eigenvalue weighted by atomic mass is 35.5. The number of hydrogen-bond donors (Lipinski definition) is 1. The average molecular weight is 319 g/mol. The maximum Gasteiger partial charge on any atom is 0.408 e. The van der Waals surface area contributed by atoms with Gasteiger partial charge < -0.3 is 14.8 Å². The summed E-state index contributed by atoms with van der Waals surface area (Å²) in [6.45, 7) is 6.67. The zero-order valence-corrected chi connectivity index (χ0v) is 13.2. The average Bonchev–Trinajstić information content (AvgIpc) is 2.25. The van der Waals surface area contributed by atoms with E-state index in [0.717, 1.165) is 0 Å². The smallest absolute Gasteiger partial charge is 0.408 e. The lowest BCUT2D eigenvalue weighted by Gasteiger charge is -2.28. The summed E-state index contributed by atoms with van der Waals surface area (Å²) in [6, 6.07) is 1.40. The number of ether oxygens (including phenoxy) is 1. The van der Waals surface area contributed by atoms with Gasteiger partial charge in [0.05, 0.1) is 5.02 Å². The predicted molar refractivity (Wildman–Crippen MR) is 77.0 cm³/mol. The van der Waals surface area contributed by atoms with Gasteiger partial charge in [-0.1, -0.05) is 23.2 Å². The molecular weight excluding hydrogens is 303 g/mol. The van der Waals surface area contributed by atoms with Gasteiger partial charge in [0, 0.05) is 11.8 Å². The molecule has 1 aromatic heterocycles. The summed E-state index contributed by atoms with van der Waals surface area (Å²) >= 11 is 11.7. The lowest BCUT2D eigenvalue weighted by molar-refractivity contribution is -0.113. The van der Waals surface area contributed by atoms with E-state index in [0.29, 0.717) is 11.8 Å². The molecule has 1 unspecified atom stereocenters. The Morgan fingerprint density at radius 2 is 1.95 bits per heavy atom. The Balaban J connectivity index is 3.03. The van der Waals surface area contributed by atoms with Gasteiger partial charge in [0.25, 0.3) is 0 Å². The minimum Gasteiger partial charge on any atom is -0.444 e. The lowest BCUT2D eigenvalue weighted by atomic mass is 9.95. The summed E-state index contributed by atoms with van der Waals surface area (Å²) in [4.78, 5) is 27.0. The molecule has 1 amide bonds. The van der Waals surface area contributed by atoms with E-state index in [1.807, 2.05) is 0 Å².